The Morgan fingerprint density at radius 2 is 2.00 bits per heavy atom. The molecular weight excluding hydrogens is 246 g/mol. The van der Waals surface area contributed by atoms with E-state index in [4.69, 9.17) is 4.74 Å². The molecule has 1 aromatic carbocycles. The average Bonchev–Trinajstić information content (AvgIpc) is 2.34. The zero-order valence-electron chi connectivity index (χ0n) is 11.2. The van der Waals surface area contributed by atoms with E-state index in [9.17, 15) is 14.7 Å². The summed E-state index contributed by atoms with van der Waals surface area (Å²) in [5, 5.41) is 9.30. The number of ether oxygens (including phenoxy) is 1. The molecule has 1 N–H and O–H groups in total. The number of hydrogen-bond acceptors (Lipinski definition) is 3. The number of carboxylic acids is 1. The Balaban J connectivity index is 2.40. The minimum absolute atomic E-state index is 0.190. The monoisotopic (exact) mass is 263 g/mol. The highest BCUT2D eigenvalue weighted by Crippen LogP contribution is 2.35. The Hall–Kier alpha value is -2.04. The maximum atomic E-state index is 12.3. The first-order valence-corrected chi connectivity index (χ1v) is 6.19. The Bertz CT molecular complexity index is 512. The fourth-order valence-corrected chi connectivity index (χ4v) is 2.32. The molecule has 0 fully saturated rings. The van der Waals surface area contributed by atoms with Crippen LogP contribution in [0, 0.1) is 11.8 Å². The van der Waals surface area contributed by atoms with Gasteiger partial charge < -0.3 is 14.7 Å². The van der Waals surface area contributed by atoms with E-state index in [-0.39, 0.29) is 11.8 Å². The quantitative estimate of drug-likeness (QED) is 0.902. The van der Waals surface area contributed by atoms with Gasteiger partial charge in [-0.15, -0.1) is 0 Å². The lowest BCUT2D eigenvalue weighted by Crippen LogP contribution is -2.51. The normalized spacial score (nSPS) is 19.9. The fraction of sp³-hybridized carbons (Fsp3) is 0.429. The molecule has 102 valence electrons. The Morgan fingerprint density at radius 1 is 1.37 bits per heavy atom. The largest absolute Gasteiger partial charge is 0.481 e. The predicted octanol–water partition coefficient (Wildman–Crippen LogP) is 1.77. The molecule has 0 aliphatic carbocycles. The van der Waals surface area contributed by atoms with Gasteiger partial charge in [-0.25, -0.2) is 0 Å². The van der Waals surface area contributed by atoms with Crippen LogP contribution in [0.15, 0.2) is 24.3 Å². The van der Waals surface area contributed by atoms with Gasteiger partial charge in [-0.2, -0.15) is 0 Å². The molecule has 1 aliphatic heterocycles. The molecule has 1 amide bonds. The number of anilines is 1. The predicted molar refractivity (Wildman–Crippen MR) is 70.2 cm³/mol. The van der Waals surface area contributed by atoms with E-state index in [0.717, 1.165) is 0 Å². The third-order valence-electron chi connectivity index (χ3n) is 3.38. The minimum Gasteiger partial charge on any atom is -0.481 e. The summed E-state index contributed by atoms with van der Waals surface area (Å²) in [5.74, 6) is -1.84. The van der Waals surface area contributed by atoms with Crippen molar-refractivity contribution in [1.82, 2.24) is 0 Å². The summed E-state index contributed by atoms with van der Waals surface area (Å²) in [6.45, 7) is 3.55. The maximum absolute atomic E-state index is 12.3. The molecular formula is C14H17NO4. The van der Waals surface area contributed by atoms with Crippen LogP contribution in [0.5, 0.6) is 5.75 Å². The molecule has 5 nitrogen and oxygen atoms in total. The number of benzene rings is 1. The van der Waals surface area contributed by atoms with Crippen molar-refractivity contribution in [3.8, 4) is 5.75 Å². The summed E-state index contributed by atoms with van der Waals surface area (Å²) < 4.78 is 5.63. The van der Waals surface area contributed by atoms with Crippen molar-refractivity contribution >= 4 is 17.6 Å². The van der Waals surface area contributed by atoms with Crippen LogP contribution in [0.25, 0.3) is 0 Å². The summed E-state index contributed by atoms with van der Waals surface area (Å²) in [7, 11) is 1.63. The highest BCUT2D eigenvalue weighted by Gasteiger charge is 2.42. The van der Waals surface area contributed by atoms with Gasteiger partial charge >= 0.3 is 5.97 Å². The number of carbonyl (C=O) groups excluding carboxylic acids is 1. The number of hydrogen-bond donors (Lipinski definition) is 1. The molecule has 1 aliphatic rings. The number of fused-ring (bicyclic) bond motifs is 1. The van der Waals surface area contributed by atoms with Crippen LogP contribution in [-0.4, -0.2) is 30.1 Å². The topological polar surface area (TPSA) is 66.8 Å². The van der Waals surface area contributed by atoms with Crippen molar-refractivity contribution in [3.63, 3.8) is 0 Å². The Labute approximate surface area is 111 Å². The van der Waals surface area contributed by atoms with E-state index in [1.165, 1.54) is 4.90 Å². The van der Waals surface area contributed by atoms with Gasteiger partial charge in [-0.1, -0.05) is 26.0 Å². The molecule has 2 unspecified atom stereocenters. The molecule has 1 heterocycles. The van der Waals surface area contributed by atoms with Gasteiger partial charge in [0.1, 0.15) is 11.7 Å². The number of rotatable bonds is 3. The highest BCUT2D eigenvalue weighted by atomic mass is 16.5. The van der Waals surface area contributed by atoms with E-state index >= 15 is 0 Å². The molecule has 0 aromatic heterocycles. The molecule has 19 heavy (non-hydrogen) atoms. The van der Waals surface area contributed by atoms with E-state index in [1.807, 2.05) is 6.07 Å². The summed E-state index contributed by atoms with van der Waals surface area (Å²) in [6, 6.07) is 7.12. The van der Waals surface area contributed by atoms with Gasteiger partial charge in [0.2, 0.25) is 0 Å². The minimum atomic E-state index is -1.01. The van der Waals surface area contributed by atoms with E-state index in [1.54, 1.807) is 39.1 Å². The molecule has 2 rings (SSSR count). The fourth-order valence-electron chi connectivity index (χ4n) is 2.32. The lowest BCUT2D eigenvalue weighted by Gasteiger charge is -2.35. The van der Waals surface area contributed by atoms with Crippen LogP contribution < -0.4 is 9.64 Å². The average molecular weight is 263 g/mol. The second-order valence-electron chi connectivity index (χ2n) is 5.01. The second-order valence-corrected chi connectivity index (χ2v) is 5.01. The van der Waals surface area contributed by atoms with Gasteiger partial charge in [0.05, 0.1) is 5.69 Å². The Morgan fingerprint density at radius 3 is 2.58 bits per heavy atom. The Kier molecular flexibility index (Phi) is 3.46. The summed E-state index contributed by atoms with van der Waals surface area (Å²) in [4.78, 5) is 25.1. The first-order valence-electron chi connectivity index (χ1n) is 6.19. The maximum Gasteiger partial charge on any atom is 0.311 e. The number of aliphatic carboxylic acids is 1. The number of para-hydroxylation sites is 2. The summed E-state index contributed by atoms with van der Waals surface area (Å²) in [5.41, 5.74) is 0.664. The molecule has 0 saturated carbocycles. The van der Waals surface area contributed by atoms with Crippen LogP contribution in [0.1, 0.15) is 13.8 Å². The molecule has 0 radical (unpaired) electrons. The summed E-state index contributed by atoms with van der Waals surface area (Å²) >= 11 is 0. The summed E-state index contributed by atoms with van der Waals surface area (Å²) in [6.07, 6.45) is -0.975. The van der Waals surface area contributed by atoms with Crippen molar-refractivity contribution in [1.29, 1.82) is 0 Å². The highest BCUT2D eigenvalue weighted by molar-refractivity contribution is 6.01. The number of carbonyl (C=O) groups is 2. The lowest BCUT2D eigenvalue weighted by molar-refractivity contribution is -0.151. The van der Waals surface area contributed by atoms with Crippen molar-refractivity contribution in [3.05, 3.63) is 24.3 Å². The van der Waals surface area contributed by atoms with Gasteiger partial charge in [0.25, 0.3) is 5.91 Å². The smallest absolute Gasteiger partial charge is 0.311 e. The molecule has 1 aromatic rings. The third-order valence-corrected chi connectivity index (χ3v) is 3.38. The van der Waals surface area contributed by atoms with Crippen molar-refractivity contribution in [2.24, 2.45) is 11.8 Å². The number of likely N-dealkylation sites (N-methyl/N-ethyl adjacent to an activating group) is 1. The van der Waals surface area contributed by atoms with E-state index in [0.29, 0.717) is 11.4 Å². The van der Waals surface area contributed by atoms with Crippen LogP contribution in [0.3, 0.4) is 0 Å². The molecule has 2 atom stereocenters. The lowest BCUT2D eigenvalue weighted by atomic mass is 9.88. The standard InChI is InChI=1S/C14H17NO4/c1-8(2)11(14(17)18)12-13(16)15(3)9-6-4-5-7-10(9)19-12/h4-8,11-12H,1-3H3,(H,17,18). The first kappa shape index (κ1) is 13.4. The van der Waals surface area contributed by atoms with Crippen molar-refractivity contribution in [2.45, 2.75) is 20.0 Å². The number of amides is 1. The van der Waals surface area contributed by atoms with Gasteiger partial charge in [-0.3, -0.25) is 9.59 Å². The van der Waals surface area contributed by atoms with E-state index < -0.39 is 18.0 Å². The molecule has 0 spiro atoms. The number of nitrogens with zero attached hydrogens (tertiary/aromatic N) is 1. The van der Waals surface area contributed by atoms with Crippen LogP contribution in [-0.2, 0) is 9.59 Å². The zero-order chi connectivity index (χ0) is 14.2. The van der Waals surface area contributed by atoms with Gasteiger partial charge in [-0.05, 0) is 18.1 Å². The van der Waals surface area contributed by atoms with Crippen LogP contribution in [0.4, 0.5) is 5.69 Å². The SMILES string of the molecule is CC(C)C(C(=O)O)C1Oc2ccccc2N(C)C1=O. The van der Waals surface area contributed by atoms with Gasteiger partial charge in [0.15, 0.2) is 6.10 Å². The van der Waals surface area contributed by atoms with Crippen molar-refractivity contribution < 1.29 is 19.4 Å². The zero-order valence-corrected chi connectivity index (χ0v) is 11.2. The molecule has 0 saturated heterocycles. The second kappa shape index (κ2) is 4.91. The number of carboxylic acid groups (broad SMARTS) is 1. The van der Waals surface area contributed by atoms with E-state index in [2.05, 4.69) is 0 Å². The van der Waals surface area contributed by atoms with Crippen molar-refractivity contribution in [2.75, 3.05) is 11.9 Å². The third kappa shape index (κ3) is 2.28. The van der Waals surface area contributed by atoms with Gasteiger partial charge in [0, 0.05) is 7.05 Å². The van der Waals surface area contributed by atoms with Crippen LogP contribution >= 0.6 is 0 Å². The molecule has 0 bridgehead atoms. The first-order chi connectivity index (χ1) is 8.93. The van der Waals surface area contributed by atoms with Crippen LogP contribution in [0.2, 0.25) is 0 Å². The molecule has 5 heteroatoms.